The summed E-state index contributed by atoms with van der Waals surface area (Å²) in [4.78, 5) is 14.0. The van der Waals surface area contributed by atoms with Gasteiger partial charge in [-0.05, 0) is 43.7 Å². The van der Waals surface area contributed by atoms with Gasteiger partial charge in [-0.3, -0.25) is 4.79 Å². The predicted octanol–water partition coefficient (Wildman–Crippen LogP) is 3.58. The van der Waals surface area contributed by atoms with E-state index in [1.165, 1.54) is 0 Å². The quantitative estimate of drug-likeness (QED) is 0.876. The zero-order valence-corrected chi connectivity index (χ0v) is 14.4. The van der Waals surface area contributed by atoms with E-state index in [-0.39, 0.29) is 5.91 Å². The van der Waals surface area contributed by atoms with Crippen molar-refractivity contribution >= 4 is 17.3 Å². The van der Waals surface area contributed by atoms with Crippen LogP contribution in [0.2, 0.25) is 0 Å². The van der Waals surface area contributed by atoms with Crippen molar-refractivity contribution in [2.45, 2.75) is 20.3 Å². The van der Waals surface area contributed by atoms with Gasteiger partial charge in [0.2, 0.25) is 5.91 Å². The molecule has 1 N–H and O–H groups in total. The summed E-state index contributed by atoms with van der Waals surface area (Å²) in [5.74, 6) is 0.104. The second-order valence-electron chi connectivity index (χ2n) is 5.52. The van der Waals surface area contributed by atoms with Gasteiger partial charge in [-0.15, -0.1) is 0 Å². The van der Waals surface area contributed by atoms with Crippen molar-refractivity contribution < 1.29 is 4.79 Å². The molecule has 0 saturated heterocycles. The number of nitrogens with one attached hydrogen (secondary N) is 1. The molecule has 2 aromatic rings. The standard InChI is InChI=1S/C20H20N4O/c1-3-24(4-2)19(25)12-15-8-10-18(11-9-15)23-20-16(13-21)6-5-7-17(20)14-22/h5-11,23H,3-4,12H2,1-2H3. The third-order valence-electron chi connectivity index (χ3n) is 4.00. The maximum Gasteiger partial charge on any atom is 0.226 e. The van der Waals surface area contributed by atoms with E-state index in [2.05, 4.69) is 17.5 Å². The molecule has 126 valence electrons. The molecule has 5 nitrogen and oxygen atoms in total. The highest BCUT2D eigenvalue weighted by Gasteiger charge is 2.11. The lowest BCUT2D eigenvalue weighted by molar-refractivity contribution is -0.130. The average Bonchev–Trinajstić information content (AvgIpc) is 2.64. The SMILES string of the molecule is CCN(CC)C(=O)Cc1ccc(Nc2c(C#N)cccc2C#N)cc1. The van der Waals surface area contributed by atoms with Gasteiger partial charge in [0.1, 0.15) is 12.1 Å². The van der Waals surface area contributed by atoms with E-state index in [1.54, 1.807) is 23.1 Å². The van der Waals surface area contributed by atoms with Gasteiger partial charge in [0.05, 0.1) is 23.2 Å². The van der Waals surface area contributed by atoms with E-state index >= 15 is 0 Å². The van der Waals surface area contributed by atoms with Crippen LogP contribution in [0.4, 0.5) is 11.4 Å². The lowest BCUT2D eigenvalue weighted by atomic mass is 10.1. The molecule has 0 unspecified atom stereocenters. The molecule has 0 aliphatic carbocycles. The van der Waals surface area contributed by atoms with Gasteiger partial charge in [0, 0.05) is 18.8 Å². The lowest BCUT2D eigenvalue weighted by Crippen LogP contribution is -2.31. The van der Waals surface area contributed by atoms with Gasteiger partial charge < -0.3 is 10.2 Å². The molecule has 0 bridgehead atoms. The Bertz CT molecular complexity index is 792. The number of carbonyl (C=O) groups excluding carboxylic acids is 1. The zero-order valence-electron chi connectivity index (χ0n) is 14.4. The van der Waals surface area contributed by atoms with Crippen molar-refractivity contribution in [3.8, 4) is 12.1 Å². The minimum Gasteiger partial charge on any atom is -0.353 e. The highest BCUT2D eigenvalue weighted by molar-refractivity contribution is 5.79. The number of carbonyl (C=O) groups is 1. The van der Waals surface area contributed by atoms with Crippen molar-refractivity contribution in [1.82, 2.24) is 4.90 Å². The molecule has 0 aliphatic rings. The first-order valence-electron chi connectivity index (χ1n) is 8.19. The highest BCUT2D eigenvalue weighted by Crippen LogP contribution is 2.24. The summed E-state index contributed by atoms with van der Waals surface area (Å²) in [5.41, 5.74) is 3.02. The molecule has 0 saturated carbocycles. The number of hydrogen-bond acceptors (Lipinski definition) is 4. The van der Waals surface area contributed by atoms with E-state index in [0.29, 0.717) is 36.3 Å². The van der Waals surface area contributed by atoms with Crippen LogP contribution in [0.15, 0.2) is 42.5 Å². The smallest absolute Gasteiger partial charge is 0.226 e. The van der Waals surface area contributed by atoms with Gasteiger partial charge in [-0.25, -0.2) is 0 Å². The Hall–Kier alpha value is -3.31. The Labute approximate surface area is 148 Å². The number of anilines is 2. The molecular weight excluding hydrogens is 312 g/mol. The number of amides is 1. The normalized spacial score (nSPS) is 9.76. The number of para-hydroxylation sites is 1. The number of benzene rings is 2. The summed E-state index contributed by atoms with van der Waals surface area (Å²) >= 11 is 0. The van der Waals surface area contributed by atoms with E-state index in [9.17, 15) is 15.3 Å². The zero-order chi connectivity index (χ0) is 18.2. The minimum atomic E-state index is 0.104. The Kier molecular flexibility index (Phi) is 6.14. The molecule has 2 rings (SSSR count). The second-order valence-corrected chi connectivity index (χ2v) is 5.52. The van der Waals surface area contributed by atoms with Crippen LogP contribution in [-0.2, 0) is 11.2 Å². The van der Waals surface area contributed by atoms with Crippen LogP contribution in [0.1, 0.15) is 30.5 Å². The Morgan fingerprint density at radius 3 is 2.04 bits per heavy atom. The molecule has 0 fully saturated rings. The maximum absolute atomic E-state index is 12.2. The summed E-state index contributed by atoms with van der Waals surface area (Å²) in [6.07, 6.45) is 0.361. The summed E-state index contributed by atoms with van der Waals surface area (Å²) < 4.78 is 0. The summed E-state index contributed by atoms with van der Waals surface area (Å²) in [6.45, 7) is 5.34. The fourth-order valence-corrected chi connectivity index (χ4v) is 2.59. The van der Waals surface area contributed by atoms with Crippen molar-refractivity contribution in [1.29, 1.82) is 10.5 Å². The van der Waals surface area contributed by atoms with Crippen LogP contribution in [0.25, 0.3) is 0 Å². The van der Waals surface area contributed by atoms with Gasteiger partial charge >= 0.3 is 0 Å². The van der Waals surface area contributed by atoms with Gasteiger partial charge in [-0.1, -0.05) is 18.2 Å². The van der Waals surface area contributed by atoms with E-state index < -0.39 is 0 Å². The van der Waals surface area contributed by atoms with Crippen LogP contribution >= 0.6 is 0 Å². The second kappa shape index (κ2) is 8.52. The summed E-state index contributed by atoms with van der Waals surface area (Å²) in [6, 6.07) is 16.7. The van der Waals surface area contributed by atoms with E-state index in [4.69, 9.17) is 0 Å². The molecule has 0 aliphatic heterocycles. The molecule has 1 amide bonds. The van der Waals surface area contributed by atoms with E-state index in [1.807, 2.05) is 38.1 Å². The topological polar surface area (TPSA) is 79.9 Å². The number of likely N-dealkylation sites (N-methyl/N-ethyl adjacent to an activating group) is 1. The molecular formula is C20H20N4O. The van der Waals surface area contributed by atoms with Crippen molar-refractivity contribution in [2.75, 3.05) is 18.4 Å². The number of nitrogens with zero attached hydrogens (tertiary/aromatic N) is 3. The summed E-state index contributed by atoms with van der Waals surface area (Å²) in [7, 11) is 0. The largest absolute Gasteiger partial charge is 0.353 e. The fourth-order valence-electron chi connectivity index (χ4n) is 2.59. The first kappa shape index (κ1) is 18.0. The minimum absolute atomic E-state index is 0.104. The first-order chi connectivity index (χ1) is 12.1. The molecule has 2 aromatic carbocycles. The molecule has 0 heterocycles. The first-order valence-corrected chi connectivity index (χ1v) is 8.19. The van der Waals surface area contributed by atoms with Crippen molar-refractivity contribution in [3.63, 3.8) is 0 Å². The third kappa shape index (κ3) is 4.37. The fraction of sp³-hybridized carbons (Fsp3) is 0.250. The third-order valence-corrected chi connectivity index (χ3v) is 4.00. The molecule has 0 spiro atoms. The van der Waals surface area contributed by atoms with Gasteiger partial charge in [-0.2, -0.15) is 10.5 Å². The molecule has 5 heteroatoms. The lowest BCUT2D eigenvalue weighted by Gasteiger charge is -2.18. The van der Waals surface area contributed by atoms with Crippen molar-refractivity contribution in [2.24, 2.45) is 0 Å². The Balaban J connectivity index is 2.16. The predicted molar refractivity (Wildman–Crippen MR) is 97.2 cm³/mol. The molecule has 0 radical (unpaired) electrons. The Morgan fingerprint density at radius 1 is 1.00 bits per heavy atom. The van der Waals surface area contributed by atoms with E-state index in [0.717, 1.165) is 11.3 Å². The number of rotatable bonds is 6. The summed E-state index contributed by atoms with van der Waals surface area (Å²) in [5, 5.41) is 21.6. The number of hydrogen-bond donors (Lipinski definition) is 1. The maximum atomic E-state index is 12.2. The van der Waals surface area contributed by atoms with Crippen molar-refractivity contribution in [3.05, 3.63) is 59.2 Å². The van der Waals surface area contributed by atoms with Crippen LogP contribution in [0.5, 0.6) is 0 Å². The number of nitriles is 2. The van der Waals surface area contributed by atoms with Gasteiger partial charge in [0.25, 0.3) is 0 Å². The van der Waals surface area contributed by atoms with Crippen LogP contribution in [-0.4, -0.2) is 23.9 Å². The Morgan fingerprint density at radius 2 is 1.56 bits per heavy atom. The molecule has 0 aromatic heterocycles. The van der Waals surface area contributed by atoms with Crippen LogP contribution in [0.3, 0.4) is 0 Å². The van der Waals surface area contributed by atoms with Crippen LogP contribution in [0, 0.1) is 22.7 Å². The monoisotopic (exact) mass is 332 g/mol. The van der Waals surface area contributed by atoms with Gasteiger partial charge in [0.15, 0.2) is 0 Å². The average molecular weight is 332 g/mol. The molecule has 25 heavy (non-hydrogen) atoms. The highest BCUT2D eigenvalue weighted by atomic mass is 16.2. The molecule has 0 atom stereocenters. The van der Waals surface area contributed by atoms with Crippen LogP contribution < -0.4 is 5.32 Å².